The first-order valence-corrected chi connectivity index (χ1v) is 11.2. The maximum atomic E-state index is 13.8. The number of thioether (sulfide) groups is 1. The molecule has 1 aliphatic carbocycles. The van der Waals surface area contributed by atoms with Gasteiger partial charge in [-0.1, -0.05) is 30.8 Å². The van der Waals surface area contributed by atoms with Gasteiger partial charge in [0, 0.05) is 11.4 Å². The Morgan fingerprint density at radius 3 is 2.93 bits per heavy atom. The van der Waals surface area contributed by atoms with Crippen molar-refractivity contribution in [2.75, 3.05) is 5.75 Å². The molecule has 0 unspecified atom stereocenters. The van der Waals surface area contributed by atoms with Crippen LogP contribution in [0.2, 0.25) is 0 Å². The van der Waals surface area contributed by atoms with Crippen LogP contribution >= 0.6 is 23.1 Å². The van der Waals surface area contributed by atoms with Crippen molar-refractivity contribution in [2.45, 2.75) is 44.8 Å². The minimum Gasteiger partial charge on any atom is -0.293 e. The Kier molecular flexibility index (Phi) is 5.38. The number of Topliss-reactive ketones (excluding diaryl/α,β-unsaturated/α-hetero) is 1. The van der Waals surface area contributed by atoms with Crippen LogP contribution in [0.1, 0.15) is 41.1 Å². The number of hydrogen-bond acceptors (Lipinski definition) is 5. The SMILES string of the molecule is CCn1c(SCC(=O)c2ccccc2F)nc2sc3c(c2c1=O)CC[C@@H](C)C3. The van der Waals surface area contributed by atoms with Crippen LogP contribution in [0.25, 0.3) is 10.2 Å². The normalized spacial score (nSPS) is 16.3. The summed E-state index contributed by atoms with van der Waals surface area (Å²) >= 11 is 2.80. The Hall–Kier alpha value is -1.99. The number of rotatable bonds is 5. The summed E-state index contributed by atoms with van der Waals surface area (Å²) in [4.78, 5) is 32.3. The van der Waals surface area contributed by atoms with Gasteiger partial charge in [-0.25, -0.2) is 9.37 Å². The van der Waals surface area contributed by atoms with E-state index >= 15 is 0 Å². The Balaban J connectivity index is 1.68. The molecule has 0 saturated heterocycles. The van der Waals surface area contributed by atoms with Crippen LogP contribution in [0.15, 0.2) is 34.2 Å². The molecule has 4 nitrogen and oxygen atoms in total. The van der Waals surface area contributed by atoms with Gasteiger partial charge in [-0.2, -0.15) is 0 Å². The molecule has 28 heavy (non-hydrogen) atoms. The highest BCUT2D eigenvalue weighted by atomic mass is 32.2. The van der Waals surface area contributed by atoms with Gasteiger partial charge in [-0.05, 0) is 49.8 Å². The van der Waals surface area contributed by atoms with E-state index in [9.17, 15) is 14.0 Å². The number of ketones is 1. The molecule has 0 spiro atoms. The zero-order valence-corrected chi connectivity index (χ0v) is 17.5. The van der Waals surface area contributed by atoms with Crippen LogP contribution in [0.3, 0.4) is 0 Å². The fourth-order valence-corrected chi connectivity index (χ4v) is 6.06. The van der Waals surface area contributed by atoms with Gasteiger partial charge in [0.1, 0.15) is 10.6 Å². The summed E-state index contributed by atoms with van der Waals surface area (Å²) in [5, 5.41) is 1.27. The molecule has 0 fully saturated rings. The number of hydrogen-bond donors (Lipinski definition) is 0. The molecule has 2 aromatic heterocycles. The second kappa shape index (κ2) is 7.79. The third-order valence-electron chi connectivity index (χ3n) is 5.20. The van der Waals surface area contributed by atoms with E-state index < -0.39 is 5.82 Å². The van der Waals surface area contributed by atoms with E-state index in [2.05, 4.69) is 6.92 Å². The van der Waals surface area contributed by atoms with Crippen molar-refractivity contribution in [3.63, 3.8) is 0 Å². The number of aryl methyl sites for hydroxylation is 1. The summed E-state index contributed by atoms with van der Waals surface area (Å²) in [5.74, 6) is -0.161. The van der Waals surface area contributed by atoms with Crippen molar-refractivity contribution in [2.24, 2.45) is 5.92 Å². The van der Waals surface area contributed by atoms with Crippen molar-refractivity contribution in [1.29, 1.82) is 0 Å². The summed E-state index contributed by atoms with van der Waals surface area (Å²) in [6.07, 6.45) is 3.02. The van der Waals surface area contributed by atoms with Gasteiger partial charge >= 0.3 is 0 Å². The minimum absolute atomic E-state index is 0.0274. The molecule has 1 aliphatic rings. The average Bonchev–Trinajstić information content (AvgIpc) is 3.04. The predicted octanol–water partition coefficient (Wildman–Crippen LogP) is 4.72. The highest BCUT2D eigenvalue weighted by molar-refractivity contribution is 7.99. The zero-order chi connectivity index (χ0) is 19.8. The topological polar surface area (TPSA) is 52.0 Å². The lowest BCUT2D eigenvalue weighted by atomic mass is 9.89. The van der Waals surface area contributed by atoms with Crippen LogP contribution in [0, 0.1) is 11.7 Å². The maximum Gasteiger partial charge on any atom is 0.263 e. The third kappa shape index (κ3) is 3.42. The van der Waals surface area contributed by atoms with Crippen LogP contribution in [-0.4, -0.2) is 21.1 Å². The first-order chi connectivity index (χ1) is 13.5. The van der Waals surface area contributed by atoms with Gasteiger partial charge in [0.25, 0.3) is 5.56 Å². The molecular formula is C21H21FN2O2S2. The fourth-order valence-electron chi connectivity index (χ4n) is 3.69. The first kappa shape index (κ1) is 19.3. The van der Waals surface area contributed by atoms with E-state index in [4.69, 9.17) is 4.98 Å². The standard InChI is InChI=1S/C21H21FN2O2S2/c1-3-24-20(26)18-14-9-8-12(2)10-17(14)28-19(18)23-21(24)27-11-16(25)13-6-4-5-7-15(13)22/h4-7,12H,3,8-11H2,1-2H3/t12-/m1/s1. The molecule has 0 N–H and O–H groups in total. The van der Waals surface area contributed by atoms with Crippen molar-refractivity contribution < 1.29 is 9.18 Å². The largest absolute Gasteiger partial charge is 0.293 e. The van der Waals surface area contributed by atoms with Crippen molar-refractivity contribution in [3.8, 4) is 0 Å². The number of thiophene rings is 1. The van der Waals surface area contributed by atoms with E-state index in [1.54, 1.807) is 28.0 Å². The van der Waals surface area contributed by atoms with E-state index in [1.165, 1.54) is 28.8 Å². The first-order valence-electron chi connectivity index (χ1n) is 9.45. The Morgan fingerprint density at radius 2 is 2.18 bits per heavy atom. The summed E-state index contributed by atoms with van der Waals surface area (Å²) < 4.78 is 15.5. The second-order valence-electron chi connectivity index (χ2n) is 7.17. The Bertz CT molecular complexity index is 1120. The molecule has 0 radical (unpaired) electrons. The van der Waals surface area contributed by atoms with E-state index in [0.717, 1.165) is 35.0 Å². The summed E-state index contributed by atoms with van der Waals surface area (Å²) in [6.45, 7) is 4.62. The lowest BCUT2D eigenvalue weighted by Crippen LogP contribution is -2.23. The van der Waals surface area contributed by atoms with Crippen molar-refractivity contribution in [1.82, 2.24) is 9.55 Å². The molecule has 1 atom stereocenters. The number of fused-ring (bicyclic) bond motifs is 3. The molecule has 4 rings (SSSR count). The zero-order valence-electron chi connectivity index (χ0n) is 15.8. The molecule has 2 heterocycles. The second-order valence-corrected chi connectivity index (χ2v) is 9.19. The van der Waals surface area contributed by atoms with Crippen LogP contribution in [0.5, 0.6) is 0 Å². The average molecular weight is 417 g/mol. The van der Waals surface area contributed by atoms with Crippen molar-refractivity contribution in [3.05, 3.63) is 56.4 Å². The number of benzene rings is 1. The predicted molar refractivity (Wildman–Crippen MR) is 112 cm³/mol. The molecule has 0 amide bonds. The van der Waals surface area contributed by atoms with Crippen LogP contribution < -0.4 is 5.56 Å². The number of halogens is 1. The number of nitrogens with zero attached hydrogens (tertiary/aromatic N) is 2. The lowest BCUT2D eigenvalue weighted by molar-refractivity contribution is 0.101. The van der Waals surface area contributed by atoms with Crippen molar-refractivity contribution >= 4 is 39.1 Å². The smallest absolute Gasteiger partial charge is 0.263 e. The lowest BCUT2D eigenvalue weighted by Gasteiger charge is -2.17. The third-order valence-corrected chi connectivity index (χ3v) is 7.33. The van der Waals surface area contributed by atoms with Gasteiger partial charge in [0.05, 0.1) is 16.7 Å². The monoisotopic (exact) mass is 416 g/mol. The number of carbonyl (C=O) groups excluding carboxylic acids is 1. The molecule has 146 valence electrons. The molecule has 3 aromatic rings. The van der Waals surface area contributed by atoms with E-state index in [1.807, 2.05) is 6.92 Å². The highest BCUT2D eigenvalue weighted by Crippen LogP contribution is 2.36. The summed E-state index contributed by atoms with van der Waals surface area (Å²) in [7, 11) is 0. The minimum atomic E-state index is -0.524. The van der Waals surface area contributed by atoms with Crippen LogP contribution in [-0.2, 0) is 19.4 Å². The molecular weight excluding hydrogens is 395 g/mol. The molecule has 0 aliphatic heterocycles. The molecule has 7 heteroatoms. The van der Waals surface area contributed by atoms with Gasteiger partial charge in [0.15, 0.2) is 10.9 Å². The fraction of sp³-hybridized carbons (Fsp3) is 0.381. The number of carbonyl (C=O) groups is 1. The van der Waals surface area contributed by atoms with Gasteiger partial charge in [0.2, 0.25) is 0 Å². The number of aromatic nitrogens is 2. The van der Waals surface area contributed by atoms with E-state index in [0.29, 0.717) is 17.6 Å². The van der Waals surface area contributed by atoms with Gasteiger partial charge < -0.3 is 0 Å². The molecule has 0 bridgehead atoms. The highest BCUT2D eigenvalue weighted by Gasteiger charge is 2.24. The van der Waals surface area contributed by atoms with Crippen LogP contribution in [0.4, 0.5) is 4.39 Å². The Morgan fingerprint density at radius 1 is 1.39 bits per heavy atom. The Labute approximate surface area is 170 Å². The van der Waals surface area contributed by atoms with E-state index in [-0.39, 0.29) is 22.7 Å². The quantitative estimate of drug-likeness (QED) is 0.343. The summed E-state index contributed by atoms with van der Waals surface area (Å²) in [5.41, 5.74) is 1.21. The molecule has 0 saturated carbocycles. The van der Waals surface area contributed by atoms with Gasteiger partial charge in [-0.3, -0.25) is 14.2 Å². The summed E-state index contributed by atoms with van der Waals surface area (Å²) in [6, 6.07) is 5.96. The molecule has 1 aromatic carbocycles. The maximum absolute atomic E-state index is 13.8. The van der Waals surface area contributed by atoms with Gasteiger partial charge in [-0.15, -0.1) is 11.3 Å².